The maximum Gasteiger partial charge on any atom is 0.359 e. The molecule has 0 spiro atoms. The molecule has 0 radical (unpaired) electrons. The van der Waals surface area contributed by atoms with Crippen LogP contribution in [0.1, 0.15) is 16.1 Å². The first kappa shape index (κ1) is 17.4. The highest BCUT2D eigenvalue weighted by Crippen LogP contribution is 2.27. The van der Waals surface area contributed by atoms with E-state index in [1.54, 1.807) is 24.4 Å². The summed E-state index contributed by atoms with van der Waals surface area (Å²) < 4.78 is 12.4. The van der Waals surface area contributed by atoms with Gasteiger partial charge in [0.1, 0.15) is 17.5 Å². The second-order valence-corrected chi connectivity index (χ2v) is 6.47. The lowest BCUT2D eigenvalue weighted by Gasteiger charge is -2.12. The van der Waals surface area contributed by atoms with Crippen molar-refractivity contribution in [3.63, 3.8) is 0 Å². The molecule has 1 N–H and O–H groups in total. The molecule has 1 atom stereocenters. The Labute approximate surface area is 159 Å². The fourth-order valence-electron chi connectivity index (χ4n) is 3.00. The summed E-state index contributed by atoms with van der Waals surface area (Å²) in [5.74, 6) is -0.281. The summed E-state index contributed by atoms with van der Waals surface area (Å²) >= 11 is 6.02. The maximum absolute atomic E-state index is 12.3. The van der Waals surface area contributed by atoms with Gasteiger partial charge in [0, 0.05) is 12.6 Å². The number of pyridine rings is 1. The largest absolute Gasteiger partial charge is 0.488 e. The number of nitrogens with one attached hydrogen (secondary N) is 1. The number of benzene rings is 1. The number of halogens is 1. The molecule has 0 unspecified atom stereocenters. The third-order valence-electron chi connectivity index (χ3n) is 4.26. The van der Waals surface area contributed by atoms with Crippen LogP contribution in [-0.2, 0) is 16.0 Å². The number of imidazole rings is 1. The predicted octanol–water partition coefficient (Wildman–Crippen LogP) is 2.26. The monoisotopic (exact) mass is 385 g/mol. The Balaban J connectivity index is 1.29. The van der Waals surface area contributed by atoms with Gasteiger partial charge >= 0.3 is 5.97 Å². The number of amides is 1. The number of fused-ring (bicyclic) bond motifs is 2. The van der Waals surface area contributed by atoms with Crippen molar-refractivity contribution in [1.29, 1.82) is 0 Å². The van der Waals surface area contributed by atoms with Crippen LogP contribution in [0, 0.1) is 0 Å². The fourth-order valence-corrected chi connectivity index (χ4v) is 3.25. The zero-order chi connectivity index (χ0) is 18.8. The highest BCUT2D eigenvalue weighted by Gasteiger charge is 2.23. The molecule has 0 saturated carbocycles. The van der Waals surface area contributed by atoms with Crippen LogP contribution in [0.15, 0.2) is 48.7 Å². The Bertz CT molecular complexity index is 992. The zero-order valence-electron chi connectivity index (χ0n) is 14.2. The SMILES string of the molecule is O=C(COC(=O)c1c(Cl)nc2ccccn12)NC[C@H]1Cc2ccccc2O1. The van der Waals surface area contributed by atoms with Gasteiger partial charge in [-0.15, -0.1) is 0 Å². The van der Waals surface area contributed by atoms with E-state index in [1.165, 1.54) is 4.40 Å². The highest BCUT2D eigenvalue weighted by molar-refractivity contribution is 6.32. The first-order chi connectivity index (χ1) is 13.1. The summed E-state index contributed by atoms with van der Waals surface area (Å²) in [6.07, 6.45) is 2.25. The molecule has 2 aromatic heterocycles. The molecule has 3 aromatic rings. The van der Waals surface area contributed by atoms with E-state index in [9.17, 15) is 9.59 Å². The van der Waals surface area contributed by atoms with E-state index < -0.39 is 18.5 Å². The van der Waals surface area contributed by atoms with Gasteiger partial charge in [-0.05, 0) is 23.8 Å². The number of carbonyl (C=O) groups is 2. The number of hydrogen-bond acceptors (Lipinski definition) is 5. The third kappa shape index (κ3) is 3.59. The van der Waals surface area contributed by atoms with E-state index in [0.29, 0.717) is 12.2 Å². The van der Waals surface area contributed by atoms with Gasteiger partial charge in [-0.3, -0.25) is 9.20 Å². The van der Waals surface area contributed by atoms with Gasteiger partial charge in [-0.1, -0.05) is 35.9 Å². The molecule has 0 fully saturated rings. The second kappa shape index (κ2) is 7.28. The Morgan fingerprint density at radius 1 is 1.26 bits per heavy atom. The van der Waals surface area contributed by atoms with E-state index >= 15 is 0 Å². The maximum atomic E-state index is 12.3. The fraction of sp³-hybridized carbons (Fsp3) is 0.211. The average molecular weight is 386 g/mol. The van der Waals surface area contributed by atoms with E-state index in [2.05, 4.69) is 10.3 Å². The van der Waals surface area contributed by atoms with Crippen LogP contribution in [0.5, 0.6) is 5.75 Å². The highest BCUT2D eigenvalue weighted by atomic mass is 35.5. The van der Waals surface area contributed by atoms with Crippen LogP contribution >= 0.6 is 11.6 Å². The standard InChI is InChI=1S/C19H16ClN3O4/c20-18-17(23-8-4-3-7-15(23)22-18)19(25)26-11-16(24)21-10-13-9-12-5-1-2-6-14(12)27-13/h1-8,13H,9-11H2,(H,21,24)/t13-/m1/s1. The minimum atomic E-state index is -0.710. The summed E-state index contributed by atoms with van der Waals surface area (Å²) in [5, 5.41) is 2.75. The molecular formula is C19H16ClN3O4. The number of esters is 1. The van der Waals surface area contributed by atoms with Crippen LogP contribution in [0.2, 0.25) is 5.15 Å². The second-order valence-electron chi connectivity index (χ2n) is 6.11. The number of nitrogens with zero attached hydrogens (tertiary/aromatic N) is 2. The topological polar surface area (TPSA) is 81.9 Å². The molecule has 0 aliphatic carbocycles. The zero-order valence-corrected chi connectivity index (χ0v) is 15.0. The van der Waals surface area contributed by atoms with Gasteiger partial charge in [0.25, 0.3) is 5.91 Å². The van der Waals surface area contributed by atoms with Crippen molar-refractivity contribution in [2.24, 2.45) is 0 Å². The molecule has 1 aliphatic heterocycles. The van der Waals surface area contributed by atoms with Gasteiger partial charge in [-0.2, -0.15) is 0 Å². The van der Waals surface area contributed by atoms with E-state index in [0.717, 1.165) is 17.7 Å². The molecule has 0 saturated heterocycles. The first-order valence-corrected chi connectivity index (χ1v) is 8.80. The van der Waals surface area contributed by atoms with Crippen molar-refractivity contribution in [2.75, 3.05) is 13.2 Å². The van der Waals surface area contributed by atoms with Crippen LogP contribution in [0.3, 0.4) is 0 Å². The molecular weight excluding hydrogens is 370 g/mol. The number of ether oxygens (including phenoxy) is 2. The lowest BCUT2D eigenvalue weighted by molar-refractivity contribution is -0.124. The molecule has 1 amide bonds. The van der Waals surface area contributed by atoms with Crippen molar-refractivity contribution < 1.29 is 19.1 Å². The van der Waals surface area contributed by atoms with Gasteiger partial charge in [-0.25, -0.2) is 9.78 Å². The van der Waals surface area contributed by atoms with Crippen molar-refractivity contribution in [3.05, 3.63) is 65.1 Å². The average Bonchev–Trinajstić information content (AvgIpc) is 3.23. The molecule has 8 heteroatoms. The molecule has 7 nitrogen and oxygen atoms in total. The van der Waals surface area contributed by atoms with Crippen LogP contribution in [0.4, 0.5) is 0 Å². The van der Waals surface area contributed by atoms with E-state index in [1.807, 2.05) is 24.3 Å². The summed E-state index contributed by atoms with van der Waals surface area (Å²) in [6.45, 7) is -0.0731. The number of carbonyl (C=O) groups excluding carboxylic acids is 2. The lowest BCUT2D eigenvalue weighted by atomic mass is 10.1. The van der Waals surface area contributed by atoms with Crippen molar-refractivity contribution in [1.82, 2.24) is 14.7 Å². The smallest absolute Gasteiger partial charge is 0.359 e. The van der Waals surface area contributed by atoms with Gasteiger partial charge in [0.2, 0.25) is 0 Å². The Hall–Kier alpha value is -3.06. The quantitative estimate of drug-likeness (QED) is 0.681. The predicted molar refractivity (Wildman–Crippen MR) is 98.1 cm³/mol. The van der Waals surface area contributed by atoms with Crippen molar-refractivity contribution >= 4 is 29.1 Å². The van der Waals surface area contributed by atoms with Crippen molar-refractivity contribution in [2.45, 2.75) is 12.5 Å². The van der Waals surface area contributed by atoms with Gasteiger partial charge in [0.15, 0.2) is 17.5 Å². The molecule has 27 heavy (non-hydrogen) atoms. The molecule has 1 aromatic carbocycles. The number of aromatic nitrogens is 2. The minimum absolute atomic E-state index is 0.0312. The number of hydrogen-bond donors (Lipinski definition) is 1. The molecule has 3 heterocycles. The Kier molecular flexibility index (Phi) is 4.68. The molecule has 1 aliphatic rings. The molecule has 4 rings (SSSR count). The third-order valence-corrected chi connectivity index (χ3v) is 4.52. The Morgan fingerprint density at radius 3 is 2.93 bits per heavy atom. The molecule has 138 valence electrons. The van der Waals surface area contributed by atoms with E-state index in [-0.39, 0.29) is 17.0 Å². The normalized spacial score (nSPS) is 15.2. The summed E-state index contributed by atoms with van der Waals surface area (Å²) in [7, 11) is 0. The number of para-hydroxylation sites is 1. The summed E-state index contributed by atoms with van der Waals surface area (Å²) in [6, 6.07) is 13.0. The lowest BCUT2D eigenvalue weighted by Crippen LogP contribution is -2.37. The summed E-state index contributed by atoms with van der Waals surface area (Å²) in [5.41, 5.74) is 1.73. The summed E-state index contributed by atoms with van der Waals surface area (Å²) in [4.78, 5) is 28.4. The van der Waals surface area contributed by atoms with Crippen LogP contribution < -0.4 is 10.1 Å². The minimum Gasteiger partial charge on any atom is -0.488 e. The van der Waals surface area contributed by atoms with Crippen LogP contribution in [0.25, 0.3) is 5.65 Å². The van der Waals surface area contributed by atoms with Crippen molar-refractivity contribution in [3.8, 4) is 5.75 Å². The van der Waals surface area contributed by atoms with Crippen LogP contribution in [-0.4, -0.2) is 40.5 Å². The molecule has 0 bridgehead atoms. The first-order valence-electron chi connectivity index (χ1n) is 8.43. The van der Waals surface area contributed by atoms with Gasteiger partial charge in [0.05, 0.1) is 6.54 Å². The van der Waals surface area contributed by atoms with E-state index in [4.69, 9.17) is 21.1 Å². The Morgan fingerprint density at radius 2 is 2.07 bits per heavy atom. The van der Waals surface area contributed by atoms with Gasteiger partial charge < -0.3 is 14.8 Å². The number of rotatable bonds is 5.